The van der Waals surface area contributed by atoms with Crippen LogP contribution in [0.3, 0.4) is 0 Å². The summed E-state index contributed by atoms with van der Waals surface area (Å²) in [5.41, 5.74) is -0.0990. The molecule has 0 aliphatic heterocycles. The number of halogens is 1. The third-order valence-corrected chi connectivity index (χ3v) is 1.45. The first-order chi connectivity index (χ1) is 4.57. The molecule has 0 aromatic carbocycles. The third-order valence-electron chi connectivity index (χ3n) is 0.748. The molecule has 1 nitrogen and oxygen atoms in total. The molecule has 0 amide bonds. The van der Waals surface area contributed by atoms with Crippen LogP contribution < -0.4 is 0 Å². The standard InChI is InChI=1S/C7H5FN.W/c1-3-7(8)4-6(2)5-9;/h2,4H,1H3;/q-1;/b7-4+;. The molecule has 0 rings (SSSR count). The number of hydrogen-bond donors (Lipinski definition) is 0. The van der Waals surface area contributed by atoms with E-state index in [9.17, 15) is 4.39 Å². The van der Waals surface area contributed by atoms with Crippen molar-refractivity contribution < 1.29 is 23.7 Å². The van der Waals surface area contributed by atoms with E-state index in [2.05, 4.69) is 0 Å². The Morgan fingerprint density at radius 3 is 2.60 bits per heavy atom. The van der Waals surface area contributed by atoms with Crippen LogP contribution in [-0.2, 0) is 19.4 Å². The Morgan fingerprint density at radius 1 is 1.80 bits per heavy atom. The second kappa shape index (κ2) is 4.30. The molecule has 0 atom stereocenters. The van der Waals surface area contributed by atoms with Crippen molar-refractivity contribution >= 4 is 3.90 Å². The SMILES string of the molecule is [CH-]=C(C#N)/C=C(/F)[C](C)=[W]. The Balaban J connectivity index is 4.35. The number of nitrogens with zero attached hydrogens (tertiary/aromatic N) is 1. The molecular formula is C7H5FNW-. The topological polar surface area (TPSA) is 23.8 Å². The minimum atomic E-state index is -0.408. The fourth-order valence-electron chi connectivity index (χ4n) is 0.270. The molecule has 0 fully saturated rings. The van der Waals surface area contributed by atoms with Crippen LogP contribution in [0.2, 0.25) is 0 Å². The molecule has 0 spiro atoms. The van der Waals surface area contributed by atoms with Crippen LogP contribution in [-0.4, -0.2) is 3.90 Å². The summed E-state index contributed by atoms with van der Waals surface area (Å²) in [6.07, 6.45) is 1.03. The molecule has 0 saturated heterocycles. The van der Waals surface area contributed by atoms with Crippen molar-refractivity contribution in [2.75, 3.05) is 0 Å². The van der Waals surface area contributed by atoms with Crippen molar-refractivity contribution in [3.05, 3.63) is 24.1 Å². The second-order valence-electron chi connectivity index (χ2n) is 1.62. The van der Waals surface area contributed by atoms with Crippen LogP contribution >= 0.6 is 0 Å². The fourth-order valence-corrected chi connectivity index (χ4v) is 0.482. The average molecular weight is 306 g/mol. The Kier molecular flexibility index (Phi) is 4.07. The summed E-state index contributed by atoms with van der Waals surface area (Å²) in [4.78, 5) is 0. The molecule has 0 radical (unpaired) electrons. The van der Waals surface area contributed by atoms with Gasteiger partial charge in [0.05, 0.1) is 0 Å². The molecule has 0 aliphatic carbocycles. The predicted molar refractivity (Wildman–Crippen MR) is 33.3 cm³/mol. The summed E-state index contributed by atoms with van der Waals surface area (Å²) < 4.78 is 13.2. The van der Waals surface area contributed by atoms with Gasteiger partial charge in [0.25, 0.3) is 0 Å². The number of nitriles is 1. The van der Waals surface area contributed by atoms with Crippen molar-refractivity contribution in [3.8, 4) is 6.07 Å². The molecule has 52 valence electrons. The maximum absolute atomic E-state index is 12.6. The molecule has 3 heteroatoms. The molecule has 0 bridgehead atoms. The first-order valence-corrected chi connectivity index (χ1v) is 3.95. The van der Waals surface area contributed by atoms with Crippen LogP contribution in [0.1, 0.15) is 6.92 Å². The molecule has 0 heterocycles. The average Bonchev–Trinajstić information content (AvgIpc) is 1.87. The molecule has 0 aliphatic rings. The van der Waals surface area contributed by atoms with Crippen LogP contribution in [0.15, 0.2) is 17.5 Å². The Bertz CT molecular complexity index is 234. The second-order valence-corrected chi connectivity index (χ2v) is 3.82. The molecular weight excluding hydrogens is 301 g/mol. The Hall–Kier alpha value is -0.542. The van der Waals surface area contributed by atoms with Gasteiger partial charge in [0.1, 0.15) is 0 Å². The van der Waals surface area contributed by atoms with Crippen molar-refractivity contribution in [2.45, 2.75) is 6.92 Å². The predicted octanol–water partition coefficient (Wildman–Crippen LogP) is 1.46. The monoisotopic (exact) mass is 306 g/mol. The van der Waals surface area contributed by atoms with E-state index in [-0.39, 0.29) is 5.57 Å². The van der Waals surface area contributed by atoms with E-state index in [0.29, 0.717) is 3.90 Å². The zero-order valence-electron chi connectivity index (χ0n) is 5.39. The van der Waals surface area contributed by atoms with E-state index in [1.165, 1.54) is 0 Å². The zero-order chi connectivity index (χ0) is 8.15. The number of allylic oxidation sites excluding steroid dienone is 3. The number of rotatable bonds is 2. The first-order valence-electron chi connectivity index (χ1n) is 2.48. The molecule has 0 aromatic rings. The summed E-state index contributed by atoms with van der Waals surface area (Å²) in [6, 6.07) is 1.62. The van der Waals surface area contributed by atoms with E-state index in [1.54, 1.807) is 13.0 Å². The number of hydrogen-bond acceptors (Lipinski definition) is 1. The van der Waals surface area contributed by atoms with Crippen molar-refractivity contribution in [1.82, 2.24) is 0 Å². The van der Waals surface area contributed by atoms with E-state index in [0.717, 1.165) is 25.4 Å². The van der Waals surface area contributed by atoms with Gasteiger partial charge in [-0.2, -0.15) is 0 Å². The van der Waals surface area contributed by atoms with Gasteiger partial charge < -0.3 is 0 Å². The van der Waals surface area contributed by atoms with Gasteiger partial charge >= 0.3 is 70.0 Å². The van der Waals surface area contributed by atoms with Crippen molar-refractivity contribution in [2.24, 2.45) is 0 Å². The van der Waals surface area contributed by atoms with E-state index in [1.807, 2.05) is 0 Å². The fraction of sp³-hybridized carbons (Fsp3) is 0.143. The van der Waals surface area contributed by atoms with Gasteiger partial charge in [-0.1, -0.05) is 0 Å². The quantitative estimate of drug-likeness (QED) is 0.430. The Morgan fingerprint density at radius 2 is 2.30 bits per heavy atom. The van der Waals surface area contributed by atoms with Gasteiger partial charge in [-0.05, 0) is 0 Å². The summed E-state index contributed by atoms with van der Waals surface area (Å²) >= 11 is 1.04. The van der Waals surface area contributed by atoms with Crippen LogP contribution in [0.5, 0.6) is 0 Å². The van der Waals surface area contributed by atoms with E-state index >= 15 is 0 Å². The molecule has 0 unspecified atom stereocenters. The summed E-state index contributed by atoms with van der Waals surface area (Å²) in [6.45, 7) is 6.69. The van der Waals surface area contributed by atoms with Crippen LogP contribution in [0.4, 0.5) is 4.39 Å². The normalized spacial score (nSPS) is 10.3. The van der Waals surface area contributed by atoms with Gasteiger partial charge in [-0.3, -0.25) is 0 Å². The summed E-state index contributed by atoms with van der Waals surface area (Å²) in [7, 11) is 0. The van der Waals surface area contributed by atoms with Crippen LogP contribution in [0.25, 0.3) is 0 Å². The van der Waals surface area contributed by atoms with E-state index < -0.39 is 5.83 Å². The summed E-state index contributed by atoms with van der Waals surface area (Å²) in [5, 5.41) is 8.14. The van der Waals surface area contributed by atoms with E-state index in [4.69, 9.17) is 11.8 Å². The molecule has 0 aromatic heterocycles. The first kappa shape index (κ1) is 9.46. The minimum absolute atomic E-state index is 0.0990. The molecule has 0 N–H and O–H groups in total. The van der Waals surface area contributed by atoms with Gasteiger partial charge in [0.2, 0.25) is 0 Å². The zero-order valence-corrected chi connectivity index (χ0v) is 8.32. The maximum atomic E-state index is 12.6. The van der Waals surface area contributed by atoms with Crippen molar-refractivity contribution in [1.29, 1.82) is 5.26 Å². The summed E-state index contributed by atoms with van der Waals surface area (Å²) in [5.74, 6) is -0.408. The molecule has 0 saturated carbocycles. The van der Waals surface area contributed by atoms with Gasteiger partial charge in [-0.25, -0.2) is 0 Å². The van der Waals surface area contributed by atoms with Crippen LogP contribution in [0, 0.1) is 17.9 Å². The molecule has 10 heavy (non-hydrogen) atoms. The third kappa shape index (κ3) is 3.48. The van der Waals surface area contributed by atoms with Gasteiger partial charge in [-0.15, -0.1) is 0 Å². The van der Waals surface area contributed by atoms with Gasteiger partial charge in [0, 0.05) is 0 Å². The van der Waals surface area contributed by atoms with Crippen molar-refractivity contribution in [3.63, 3.8) is 0 Å². The Labute approximate surface area is 70.3 Å². The van der Waals surface area contributed by atoms with Gasteiger partial charge in [0.15, 0.2) is 0 Å².